The second-order valence-electron chi connectivity index (χ2n) is 12.1. The highest BCUT2D eigenvalue weighted by atomic mass is 16.5. The number of hydrogen-bond acceptors (Lipinski definition) is 3. The molecule has 1 aromatic carbocycles. The summed E-state index contributed by atoms with van der Waals surface area (Å²) in [7, 11) is 0. The van der Waals surface area contributed by atoms with Gasteiger partial charge < -0.3 is 4.52 Å². The van der Waals surface area contributed by atoms with E-state index >= 15 is 0 Å². The minimum absolute atomic E-state index is 0.0172. The molecule has 2 aliphatic heterocycles. The summed E-state index contributed by atoms with van der Waals surface area (Å²) >= 11 is 0. The fourth-order valence-electron chi connectivity index (χ4n) is 6.55. The lowest BCUT2D eigenvalue weighted by Crippen LogP contribution is -2.58. The van der Waals surface area contributed by atoms with Crippen molar-refractivity contribution < 1.29 is 4.52 Å². The predicted molar refractivity (Wildman–Crippen MR) is 119 cm³/mol. The number of benzene rings is 1. The molecule has 0 amide bonds. The Morgan fingerprint density at radius 1 is 0.931 bits per heavy atom. The first kappa shape index (κ1) is 19.6. The van der Waals surface area contributed by atoms with Crippen molar-refractivity contribution in [3.63, 3.8) is 0 Å². The van der Waals surface area contributed by atoms with Crippen LogP contribution >= 0.6 is 0 Å². The Kier molecular flexibility index (Phi) is 4.44. The highest BCUT2D eigenvalue weighted by Gasteiger charge is 2.45. The molecule has 2 aromatic rings. The van der Waals surface area contributed by atoms with Crippen LogP contribution in [0.4, 0.5) is 0 Å². The van der Waals surface area contributed by atoms with E-state index < -0.39 is 0 Å². The van der Waals surface area contributed by atoms with Gasteiger partial charge in [0.2, 0.25) is 0 Å². The van der Waals surface area contributed by atoms with Crippen molar-refractivity contribution in [2.75, 3.05) is 0 Å². The van der Waals surface area contributed by atoms with Gasteiger partial charge in [0.15, 0.2) is 5.58 Å². The molecule has 29 heavy (non-hydrogen) atoms. The van der Waals surface area contributed by atoms with Crippen LogP contribution in [0, 0.1) is 11.3 Å². The zero-order chi connectivity index (χ0) is 20.6. The lowest BCUT2D eigenvalue weighted by molar-refractivity contribution is -0.0409. The highest BCUT2D eigenvalue weighted by molar-refractivity contribution is 5.85. The van der Waals surface area contributed by atoms with Gasteiger partial charge in [0.1, 0.15) is 0 Å². The number of piperidine rings is 2. The molecule has 2 unspecified atom stereocenters. The third-order valence-corrected chi connectivity index (χ3v) is 8.12. The van der Waals surface area contributed by atoms with Crippen LogP contribution in [0.5, 0.6) is 0 Å². The number of hydrogen-bond donors (Lipinski definition) is 0. The molecule has 3 atom stereocenters. The summed E-state index contributed by atoms with van der Waals surface area (Å²) in [4.78, 5) is 2.96. The molecule has 1 aromatic heterocycles. The normalized spacial score (nSPS) is 30.7. The molecule has 3 aliphatic rings. The van der Waals surface area contributed by atoms with Crippen LogP contribution in [0.2, 0.25) is 0 Å². The van der Waals surface area contributed by atoms with Crippen LogP contribution < -0.4 is 0 Å². The van der Waals surface area contributed by atoms with E-state index in [1.54, 1.807) is 0 Å². The second-order valence-corrected chi connectivity index (χ2v) is 12.1. The molecule has 0 saturated carbocycles. The van der Waals surface area contributed by atoms with Gasteiger partial charge in [-0.2, -0.15) is 0 Å². The Morgan fingerprint density at radius 3 is 2.24 bits per heavy atom. The number of nitrogens with zero attached hydrogens (tertiary/aromatic N) is 2. The van der Waals surface area contributed by atoms with Crippen molar-refractivity contribution in [1.29, 1.82) is 0 Å². The van der Waals surface area contributed by atoms with E-state index in [0.29, 0.717) is 11.5 Å². The first-order valence-corrected chi connectivity index (χ1v) is 11.8. The van der Waals surface area contributed by atoms with E-state index in [9.17, 15) is 0 Å². The Balaban J connectivity index is 1.43. The number of fused-ring (bicyclic) bond motifs is 5. The van der Waals surface area contributed by atoms with Crippen LogP contribution in [0.25, 0.3) is 11.0 Å². The standard InChI is InChI=1S/C26H38N2O/c1-25(2,3)17-13-18-8-7-9-19(14-17)28(18)20-12-16-10-11-21-23(22(16)15-20)29-27-24(21)26(4,5)6/h10-11,17-20H,7-9,12-15H2,1-6H3/t17?,18?,19?,20-/m0/s1. The minimum atomic E-state index is 0.0172. The molecule has 1 aliphatic carbocycles. The van der Waals surface area contributed by atoms with Gasteiger partial charge >= 0.3 is 0 Å². The molecule has 0 radical (unpaired) electrons. The van der Waals surface area contributed by atoms with Crippen molar-refractivity contribution in [2.45, 2.75) is 110 Å². The minimum Gasteiger partial charge on any atom is -0.356 e. The van der Waals surface area contributed by atoms with Crippen molar-refractivity contribution >= 4 is 11.0 Å². The van der Waals surface area contributed by atoms with E-state index in [1.165, 1.54) is 55.0 Å². The van der Waals surface area contributed by atoms with E-state index in [1.807, 2.05) is 0 Å². The fourth-order valence-corrected chi connectivity index (χ4v) is 6.55. The van der Waals surface area contributed by atoms with Crippen molar-refractivity contribution in [2.24, 2.45) is 11.3 Å². The van der Waals surface area contributed by atoms with Crippen molar-refractivity contribution in [3.8, 4) is 0 Å². The van der Waals surface area contributed by atoms with Gasteiger partial charge in [-0.15, -0.1) is 0 Å². The number of rotatable bonds is 1. The van der Waals surface area contributed by atoms with E-state index in [-0.39, 0.29) is 5.41 Å². The Labute approximate surface area is 176 Å². The molecule has 5 rings (SSSR count). The zero-order valence-electron chi connectivity index (χ0n) is 19.2. The molecule has 158 valence electrons. The third kappa shape index (κ3) is 3.24. The monoisotopic (exact) mass is 394 g/mol. The van der Waals surface area contributed by atoms with E-state index in [0.717, 1.165) is 35.7 Å². The molecule has 0 spiro atoms. The Bertz CT molecular complexity index is 899. The summed E-state index contributed by atoms with van der Waals surface area (Å²) in [5, 5.41) is 5.71. The van der Waals surface area contributed by atoms with Crippen LogP contribution in [-0.2, 0) is 18.3 Å². The molecule has 2 saturated heterocycles. The largest absolute Gasteiger partial charge is 0.356 e. The average Bonchev–Trinajstić information content (AvgIpc) is 3.22. The number of aromatic nitrogens is 1. The van der Waals surface area contributed by atoms with Crippen LogP contribution in [0.1, 0.15) is 90.5 Å². The summed E-state index contributed by atoms with van der Waals surface area (Å²) in [6, 6.07) is 6.83. The Hall–Kier alpha value is -1.35. The van der Waals surface area contributed by atoms with E-state index in [2.05, 4.69) is 63.7 Å². The molecule has 3 heteroatoms. The molecule has 0 N–H and O–H groups in total. The van der Waals surface area contributed by atoms with Gasteiger partial charge in [0.05, 0.1) is 5.69 Å². The van der Waals surface area contributed by atoms with Gasteiger partial charge in [-0.05, 0) is 61.5 Å². The maximum absolute atomic E-state index is 5.94. The molecule has 3 nitrogen and oxygen atoms in total. The van der Waals surface area contributed by atoms with Crippen LogP contribution in [0.15, 0.2) is 16.7 Å². The topological polar surface area (TPSA) is 29.3 Å². The van der Waals surface area contributed by atoms with E-state index in [4.69, 9.17) is 4.52 Å². The molecule has 3 heterocycles. The van der Waals surface area contributed by atoms with Gasteiger partial charge in [0.25, 0.3) is 0 Å². The van der Waals surface area contributed by atoms with Crippen LogP contribution in [-0.4, -0.2) is 28.2 Å². The lowest BCUT2D eigenvalue weighted by atomic mass is 9.67. The summed E-state index contributed by atoms with van der Waals surface area (Å²) in [5.41, 5.74) is 5.55. The van der Waals surface area contributed by atoms with Crippen molar-refractivity contribution in [1.82, 2.24) is 10.1 Å². The third-order valence-electron chi connectivity index (χ3n) is 8.12. The molecule has 2 fully saturated rings. The molecule has 2 bridgehead atoms. The van der Waals surface area contributed by atoms with Gasteiger partial charge in [-0.1, -0.05) is 59.2 Å². The molecular formula is C26H38N2O. The fraction of sp³-hybridized carbons (Fsp3) is 0.731. The lowest BCUT2D eigenvalue weighted by Gasteiger charge is -2.54. The first-order chi connectivity index (χ1) is 13.6. The maximum atomic E-state index is 5.94. The summed E-state index contributed by atoms with van der Waals surface area (Å²) in [6.07, 6.45) is 9.30. The Morgan fingerprint density at radius 2 is 1.62 bits per heavy atom. The van der Waals surface area contributed by atoms with Gasteiger partial charge in [-0.25, -0.2) is 0 Å². The van der Waals surface area contributed by atoms with Crippen LogP contribution in [0.3, 0.4) is 0 Å². The SMILES string of the molecule is CC(C)(C)c1noc2c3c(ccc12)C[C@H](N1C2CCCC1CC(C(C)(C)C)C2)C3. The average molecular weight is 395 g/mol. The smallest absolute Gasteiger partial charge is 0.170 e. The molecular weight excluding hydrogens is 356 g/mol. The summed E-state index contributed by atoms with van der Waals surface area (Å²) in [6.45, 7) is 14.0. The van der Waals surface area contributed by atoms with Crippen molar-refractivity contribution in [3.05, 3.63) is 29.0 Å². The van der Waals surface area contributed by atoms with Gasteiger partial charge in [-0.3, -0.25) is 4.90 Å². The highest BCUT2D eigenvalue weighted by Crippen LogP contribution is 2.47. The second kappa shape index (κ2) is 6.57. The summed E-state index contributed by atoms with van der Waals surface area (Å²) in [5.74, 6) is 0.869. The quantitative estimate of drug-likeness (QED) is 0.571. The predicted octanol–water partition coefficient (Wildman–Crippen LogP) is 6.27. The zero-order valence-corrected chi connectivity index (χ0v) is 19.2. The first-order valence-electron chi connectivity index (χ1n) is 11.8. The maximum Gasteiger partial charge on any atom is 0.170 e. The summed E-state index contributed by atoms with van der Waals surface area (Å²) < 4.78 is 5.94. The van der Waals surface area contributed by atoms with Gasteiger partial charge in [0, 0.05) is 34.5 Å².